The molecule has 3 aliphatic carbocycles. The van der Waals surface area contributed by atoms with Gasteiger partial charge in [-0.25, -0.2) is 13.1 Å². The Balaban J connectivity index is 1.63. The highest BCUT2D eigenvalue weighted by Gasteiger charge is 2.57. The minimum Gasteiger partial charge on any atom is -0.481 e. The first-order valence-corrected chi connectivity index (χ1v) is 12.4. The second-order valence-electron chi connectivity index (χ2n) is 9.24. The average molecular weight is 432 g/mol. The van der Waals surface area contributed by atoms with Crippen molar-refractivity contribution in [1.82, 2.24) is 4.72 Å². The largest absolute Gasteiger partial charge is 0.481 e. The molecule has 3 saturated carbocycles. The minimum absolute atomic E-state index is 0.0594. The molecule has 0 saturated heterocycles. The van der Waals surface area contributed by atoms with E-state index in [-0.39, 0.29) is 23.8 Å². The van der Waals surface area contributed by atoms with Crippen LogP contribution in [0.5, 0.6) is 0 Å². The van der Waals surface area contributed by atoms with Crippen LogP contribution in [-0.4, -0.2) is 25.5 Å². The fraction of sp³-hybridized carbons (Fsp3) is 0.542. The van der Waals surface area contributed by atoms with E-state index in [1.54, 1.807) is 6.08 Å². The van der Waals surface area contributed by atoms with Crippen LogP contribution in [0.25, 0.3) is 6.08 Å². The number of hydrogen-bond donors (Lipinski definition) is 2. The first kappa shape index (κ1) is 22.8. The Morgan fingerprint density at radius 1 is 1.20 bits per heavy atom. The number of fused-ring (bicyclic) bond motifs is 2. The lowest BCUT2D eigenvalue weighted by Crippen LogP contribution is -2.61. The zero-order valence-corrected chi connectivity index (χ0v) is 18.6. The van der Waals surface area contributed by atoms with Gasteiger partial charge in [-0.2, -0.15) is 0 Å². The van der Waals surface area contributed by atoms with Crippen LogP contribution in [0, 0.1) is 23.2 Å². The molecule has 4 atom stereocenters. The number of rotatable bonds is 10. The van der Waals surface area contributed by atoms with Crippen molar-refractivity contribution in [2.45, 2.75) is 58.4 Å². The van der Waals surface area contributed by atoms with Crippen molar-refractivity contribution >= 4 is 22.1 Å². The van der Waals surface area contributed by atoms with Crippen LogP contribution in [-0.2, 0) is 14.8 Å². The van der Waals surface area contributed by atoms with Crippen molar-refractivity contribution < 1.29 is 18.3 Å². The number of hydrogen-bond acceptors (Lipinski definition) is 3. The van der Waals surface area contributed by atoms with Crippen molar-refractivity contribution in [2.24, 2.45) is 23.2 Å². The number of nitrogens with one attached hydrogen (secondary N) is 1. The summed E-state index contributed by atoms with van der Waals surface area (Å²) in [6.45, 7) is 4.60. The summed E-state index contributed by atoms with van der Waals surface area (Å²) in [6, 6.07) is 9.37. The maximum atomic E-state index is 12.7. The van der Waals surface area contributed by atoms with Crippen LogP contribution in [0.1, 0.15) is 57.9 Å². The molecule has 0 spiro atoms. The Hall–Kier alpha value is -1.92. The topological polar surface area (TPSA) is 83.5 Å². The number of allylic oxidation sites excluding steroid dienone is 2. The summed E-state index contributed by atoms with van der Waals surface area (Å²) in [6.07, 6.45) is 10.2. The minimum atomic E-state index is -3.52. The smallest absolute Gasteiger partial charge is 0.303 e. The highest BCUT2D eigenvalue weighted by atomic mass is 32.2. The third-order valence-electron chi connectivity index (χ3n) is 7.01. The molecule has 0 radical (unpaired) electrons. The Labute approximate surface area is 180 Å². The molecule has 3 aliphatic rings. The number of carboxylic acids is 1. The molecule has 0 heterocycles. The number of sulfonamides is 1. The second kappa shape index (κ2) is 9.48. The first-order valence-electron chi connectivity index (χ1n) is 10.8. The van der Waals surface area contributed by atoms with E-state index < -0.39 is 16.0 Å². The molecule has 1 aromatic carbocycles. The van der Waals surface area contributed by atoms with Gasteiger partial charge in [0.1, 0.15) is 0 Å². The Morgan fingerprint density at radius 2 is 1.93 bits per heavy atom. The predicted octanol–water partition coefficient (Wildman–Crippen LogP) is 4.83. The molecule has 4 rings (SSSR count). The zero-order valence-electron chi connectivity index (χ0n) is 17.8. The summed E-state index contributed by atoms with van der Waals surface area (Å²) < 4.78 is 28.4. The van der Waals surface area contributed by atoms with Gasteiger partial charge < -0.3 is 5.11 Å². The summed E-state index contributed by atoms with van der Waals surface area (Å²) in [5, 5.41) is 10.0. The number of benzene rings is 1. The summed E-state index contributed by atoms with van der Waals surface area (Å²) in [5.41, 5.74) is 1.11. The van der Waals surface area contributed by atoms with E-state index in [9.17, 15) is 13.2 Å². The SMILES string of the molecule is CC1(C)C2CC(NS(=O)(=O)C=Cc3ccccc3)C(C/C=C\CCCC(=O)O)C1C2. The molecule has 164 valence electrons. The van der Waals surface area contributed by atoms with Gasteiger partial charge in [0.15, 0.2) is 0 Å². The van der Waals surface area contributed by atoms with E-state index in [0.717, 1.165) is 24.8 Å². The number of unbranched alkanes of at least 4 members (excludes halogenated alkanes) is 1. The quantitative estimate of drug-likeness (QED) is 0.411. The van der Waals surface area contributed by atoms with Gasteiger partial charge in [0, 0.05) is 17.9 Å². The van der Waals surface area contributed by atoms with E-state index in [1.807, 2.05) is 36.4 Å². The molecule has 30 heavy (non-hydrogen) atoms. The van der Waals surface area contributed by atoms with Crippen LogP contribution < -0.4 is 4.72 Å². The Bertz CT molecular complexity index is 889. The molecule has 1 aromatic rings. The van der Waals surface area contributed by atoms with E-state index in [2.05, 4.69) is 24.6 Å². The van der Waals surface area contributed by atoms with Crippen molar-refractivity contribution in [3.8, 4) is 0 Å². The van der Waals surface area contributed by atoms with Crippen molar-refractivity contribution in [3.63, 3.8) is 0 Å². The molecule has 2 N–H and O–H groups in total. The molecule has 0 amide bonds. The molecule has 6 heteroatoms. The molecule has 4 unspecified atom stereocenters. The van der Waals surface area contributed by atoms with E-state index in [4.69, 9.17) is 5.11 Å². The summed E-state index contributed by atoms with van der Waals surface area (Å²) in [7, 11) is -3.52. The summed E-state index contributed by atoms with van der Waals surface area (Å²) in [5.74, 6) is 0.561. The van der Waals surface area contributed by atoms with Gasteiger partial charge in [-0.1, -0.05) is 56.3 Å². The van der Waals surface area contributed by atoms with E-state index >= 15 is 0 Å². The fourth-order valence-corrected chi connectivity index (χ4v) is 6.24. The number of carbonyl (C=O) groups is 1. The van der Waals surface area contributed by atoms with Gasteiger partial charge >= 0.3 is 5.97 Å². The molecule has 0 aliphatic heterocycles. The van der Waals surface area contributed by atoms with Crippen molar-refractivity contribution in [1.29, 1.82) is 0 Å². The highest BCUT2D eigenvalue weighted by molar-refractivity contribution is 7.92. The molecule has 3 fully saturated rings. The highest BCUT2D eigenvalue weighted by Crippen LogP contribution is 2.62. The summed E-state index contributed by atoms with van der Waals surface area (Å²) >= 11 is 0. The summed E-state index contributed by atoms with van der Waals surface area (Å²) in [4.78, 5) is 10.6. The molecule has 0 aromatic heterocycles. The van der Waals surface area contributed by atoms with Gasteiger partial charge in [-0.15, -0.1) is 0 Å². The normalized spacial score (nSPS) is 27.9. The van der Waals surface area contributed by atoms with Crippen molar-refractivity contribution in [2.75, 3.05) is 0 Å². The molecular weight excluding hydrogens is 398 g/mol. The van der Waals surface area contributed by atoms with E-state index in [1.165, 1.54) is 11.8 Å². The molecule has 5 nitrogen and oxygen atoms in total. The monoisotopic (exact) mass is 431 g/mol. The lowest BCUT2D eigenvalue weighted by atomic mass is 9.44. The zero-order chi connectivity index (χ0) is 21.8. The standard InChI is InChI=1S/C24H33NO4S/c1-24(2)19-16-21(24)20(12-8-3-4-9-13-23(26)27)22(17-19)25-30(28,29)15-14-18-10-6-5-7-11-18/h3,5-8,10-11,14-15,19-22,25H,4,9,12-13,16-17H2,1-2H3,(H,26,27)/b8-3-,15-14?. The van der Waals surface area contributed by atoms with Crippen LogP contribution in [0.4, 0.5) is 0 Å². The number of carboxylic acid groups (broad SMARTS) is 1. The Morgan fingerprint density at radius 3 is 2.60 bits per heavy atom. The average Bonchev–Trinajstić information content (AvgIpc) is 2.70. The third kappa shape index (κ3) is 5.61. The first-order chi connectivity index (χ1) is 14.2. The maximum absolute atomic E-state index is 12.7. The number of aliphatic carboxylic acids is 1. The molecule has 2 bridgehead atoms. The van der Waals surface area contributed by atoms with Crippen LogP contribution in [0.3, 0.4) is 0 Å². The lowest BCUT2D eigenvalue weighted by molar-refractivity contribution is -0.137. The Kier molecular flexibility index (Phi) is 7.19. The predicted molar refractivity (Wildman–Crippen MR) is 120 cm³/mol. The van der Waals surface area contributed by atoms with Crippen molar-refractivity contribution in [3.05, 3.63) is 53.5 Å². The molecular formula is C24H33NO4S. The van der Waals surface area contributed by atoms with Crippen LogP contribution in [0.2, 0.25) is 0 Å². The van der Waals surface area contributed by atoms with Gasteiger partial charge in [-0.3, -0.25) is 4.79 Å². The second-order valence-corrected chi connectivity index (χ2v) is 10.8. The van der Waals surface area contributed by atoms with E-state index in [0.29, 0.717) is 18.3 Å². The van der Waals surface area contributed by atoms with Crippen LogP contribution >= 0.6 is 0 Å². The maximum Gasteiger partial charge on any atom is 0.303 e. The third-order valence-corrected chi connectivity index (χ3v) is 8.14. The van der Waals surface area contributed by atoms with Gasteiger partial charge in [0.25, 0.3) is 0 Å². The van der Waals surface area contributed by atoms with Crippen LogP contribution in [0.15, 0.2) is 47.9 Å². The lowest BCUT2D eigenvalue weighted by Gasteiger charge is -2.62. The van der Waals surface area contributed by atoms with Gasteiger partial charge in [0.05, 0.1) is 0 Å². The van der Waals surface area contributed by atoms with Gasteiger partial charge in [-0.05, 0) is 66.9 Å². The van der Waals surface area contributed by atoms with Gasteiger partial charge in [0.2, 0.25) is 10.0 Å². The fourth-order valence-electron chi connectivity index (χ4n) is 5.13.